The van der Waals surface area contributed by atoms with E-state index in [-0.39, 0.29) is 12.4 Å². The predicted octanol–water partition coefficient (Wildman–Crippen LogP) is 4.69. The van der Waals surface area contributed by atoms with Gasteiger partial charge >= 0.3 is 0 Å². The molecule has 0 aliphatic rings. The van der Waals surface area contributed by atoms with Crippen LogP contribution >= 0.6 is 11.6 Å². The van der Waals surface area contributed by atoms with Crippen LogP contribution in [-0.2, 0) is 6.61 Å². The zero-order chi connectivity index (χ0) is 15.1. The van der Waals surface area contributed by atoms with Gasteiger partial charge in [-0.15, -0.1) is 11.6 Å². The second kappa shape index (κ2) is 7.71. The van der Waals surface area contributed by atoms with Gasteiger partial charge in [-0.3, -0.25) is 0 Å². The van der Waals surface area contributed by atoms with E-state index in [1.54, 1.807) is 18.2 Å². The Morgan fingerprint density at radius 2 is 2.00 bits per heavy atom. The maximum atomic E-state index is 13.5. The highest BCUT2D eigenvalue weighted by Gasteiger charge is 2.04. The molecule has 0 radical (unpaired) electrons. The van der Waals surface area contributed by atoms with Crippen molar-refractivity contribution in [2.45, 2.75) is 20.0 Å². The molecule has 2 aromatic carbocycles. The topological polar surface area (TPSA) is 9.23 Å². The summed E-state index contributed by atoms with van der Waals surface area (Å²) in [6.45, 7) is 2.16. The third-order valence-corrected chi connectivity index (χ3v) is 3.16. The van der Waals surface area contributed by atoms with Crippen molar-refractivity contribution in [2.24, 2.45) is 0 Å². The lowest BCUT2D eigenvalue weighted by molar-refractivity contribution is 0.298. The summed E-state index contributed by atoms with van der Waals surface area (Å²) in [5, 5.41) is 0. The minimum Gasteiger partial charge on any atom is -0.489 e. The van der Waals surface area contributed by atoms with E-state index in [4.69, 9.17) is 16.3 Å². The average Bonchev–Trinajstić information content (AvgIpc) is 2.48. The minimum absolute atomic E-state index is 0.213. The molecule has 0 amide bonds. The van der Waals surface area contributed by atoms with Crippen molar-refractivity contribution in [1.82, 2.24) is 0 Å². The summed E-state index contributed by atoms with van der Waals surface area (Å²) in [5.41, 5.74) is 2.45. The van der Waals surface area contributed by atoms with Gasteiger partial charge in [0.15, 0.2) is 0 Å². The summed E-state index contributed by atoms with van der Waals surface area (Å²) in [5.74, 6) is 7.06. The van der Waals surface area contributed by atoms with Gasteiger partial charge < -0.3 is 4.74 Å². The Kier molecular flexibility index (Phi) is 5.66. The Morgan fingerprint density at radius 3 is 2.71 bits per heavy atom. The predicted molar refractivity (Wildman–Crippen MR) is 84.1 cm³/mol. The molecule has 0 saturated heterocycles. The van der Waals surface area contributed by atoms with Crippen molar-refractivity contribution in [2.75, 3.05) is 5.88 Å². The van der Waals surface area contributed by atoms with Crippen LogP contribution in [0.25, 0.3) is 0 Å². The van der Waals surface area contributed by atoms with Gasteiger partial charge in [-0.25, -0.2) is 4.39 Å². The number of aryl methyl sites for hydroxylation is 1. The van der Waals surface area contributed by atoms with Gasteiger partial charge in [-0.05, 0) is 36.8 Å². The number of hydrogen-bond acceptors (Lipinski definition) is 1. The van der Waals surface area contributed by atoms with Crippen LogP contribution in [0.5, 0.6) is 5.75 Å². The van der Waals surface area contributed by atoms with Crippen LogP contribution in [-0.4, -0.2) is 5.88 Å². The molecule has 0 atom stereocenters. The van der Waals surface area contributed by atoms with Gasteiger partial charge in [-0.2, -0.15) is 0 Å². The molecule has 0 aliphatic heterocycles. The van der Waals surface area contributed by atoms with Gasteiger partial charge in [0.25, 0.3) is 0 Å². The lowest BCUT2D eigenvalue weighted by Gasteiger charge is -2.10. The Balaban J connectivity index is 2.05. The molecule has 2 aromatic rings. The Hall–Kier alpha value is -1.98. The van der Waals surface area contributed by atoms with E-state index >= 15 is 0 Å². The zero-order valence-electron chi connectivity index (χ0n) is 11.8. The normalized spacial score (nSPS) is 9.86. The largest absolute Gasteiger partial charge is 0.489 e. The molecule has 21 heavy (non-hydrogen) atoms. The van der Waals surface area contributed by atoms with E-state index in [1.165, 1.54) is 6.07 Å². The van der Waals surface area contributed by atoms with Gasteiger partial charge in [0, 0.05) is 23.4 Å². The first kappa shape index (κ1) is 15.4. The maximum Gasteiger partial charge on any atom is 0.129 e. The van der Waals surface area contributed by atoms with Crippen LogP contribution in [0.4, 0.5) is 4.39 Å². The highest BCUT2D eigenvalue weighted by atomic mass is 35.5. The summed E-state index contributed by atoms with van der Waals surface area (Å²) < 4.78 is 19.2. The van der Waals surface area contributed by atoms with E-state index in [1.807, 2.05) is 25.1 Å². The van der Waals surface area contributed by atoms with Gasteiger partial charge in [-0.1, -0.05) is 30.0 Å². The van der Waals surface area contributed by atoms with Crippen LogP contribution in [0.1, 0.15) is 23.1 Å². The highest BCUT2D eigenvalue weighted by molar-refractivity contribution is 6.18. The molecule has 0 fully saturated rings. The van der Waals surface area contributed by atoms with Crippen molar-refractivity contribution in [1.29, 1.82) is 0 Å². The van der Waals surface area contributed by atoms with Crippen molar-refractivity contribution in [3.8, 4) is 17.6 Å². The average molecular weight is 303 g/mol. The molecule has 0 N–H and O–H groups in total. The Bertz CT molecular complexity index is 670. The minimum atomic E-state index is -0.251. The van der Waals surface area contributed by atoms with Crippen molar-refractivity contribution >= 4 is 11.6 Å². The van der Waals surface area contributed by atoms with Crippen LogP contribution in [0.3, 0.4) is 0 Å². The number of ether oxygens (including phenoxy) is 1. The molecule has 0 aromatic heterocycles. The van der Waals surface area contributed by atoms with Gasteiger partial charge in [0.05, 0.1) is 0 Å². The standard InChI is InChI=1S/C18H16ClFO/c1-14-12-15(6-4-5-11-19)9-10-18(14)21-13-16-7-2-3-8-17(16)20/h2-3,7-10,12H,5,11,13H2,1H3. The summed E-state index contributed by atoms with van der Waals surface area (Å²) >= 11 is 5.58. The summed E-state index contributed by atoms with van der Waals surface area (Å²) in [4.78, 5) is 0. The van der Waals surface area contributed by atoms with Crippen molar-refractivity contribution < 1.29 is 9.13 Å². The molecule has 1 nitrogen and oxygen atoms in total. The molecule has 0 unspecified atom stereocenters. The fourth-order valence-electron chi connectivity index (χ4n) is 1.87. The van der Waals surface area contributed by atoms with E-state index in [0.29, 0.717) is 17.9 Å². The maximum absolute atomic E-state index is 13.5. The number of alkyl halides is 1. The quantitative estimate of drug-likeness (QED) is 0.588. The van der Waals surface area contributed by atoms with E-state index < -0.39 is 0 Å². The molecule has 0 bridgehead atoms. The van der Waals surface area contributed by atoms with Crippen LogP contribution in [0.2, 0.25) is 0 Å². The van der Waals surface area contributed by atoms with Crippen LogP contribution in [0, 0.1) is 24.6 Å². The molecule has 3 heteroatoms. The SMILES string of the molecule is Cc1cc(C#CCCCl)ccc1OCc1ccccc1F. The summed E-state index contributed by atoms with van der Waals surface area (Å²) in [7, 11) is 0. The van der Waals surface area contributed by atoms with Gasteiger partial charge in [0.2, 0.25) is 0 Å². The third-order valence-electron chi connectivity index (χ3n) is 2.97. The fourth-order valence-corrected chi connectivity index (χ4v) is 1.97. The highest BCUT2D eigenvalue weighted by Crippen LogP contribution is 2.20. The van der Waals surface area contributed by atoms with Crippen molar-refractivity contribution in [3.05, 3.63) is 65.0 Å². The second-order valence-corrected chi connectivity index (χ2v) is 4.98. The zero-order valence-corrected chi connectivity index (χ0v) is 12.6. The third kappa shape index (κ3) is 4.51. The smallest absolute Gasteiger partial charge is 0.129 e. The molecular weight excluding hydrogens is 287 g/mol. The Labute approximate surface area is 129 Å². The molecular formula is C18H16ClFO. The lowest BCUT2D eigenvalue weighted by atomic mass is 10.1. The molecule has 108 valence electrons. The van der Waals surface area contributed by atoms with E-state index in [2.05, 4.69) is 11.8 Å². The summed E-state index contributed by atoms with van der Waals surface area (Å²) in [6.07, 6.45) is 0.673. The molecule has 0 heterocycles. The number of halogens is 2. The lowest BCUT2D eigenvalue weighted by Crippen LogP contribution is -1.99. The Morgan fingerprint density at radius 1 is 1.19 bits per heavy atom. The van der Waals surface area contributed by atoms with Crippen LogP contribution in [0.15, 0.2) is 42.5 Å². The molecule has 0 saturated carbocycles. The monoisotopic (exact) mass is 302 g/mol. The number of hydrogen-bond donors (Lipinski definition) is 0. The van der Waals surface area contributed by atoms with E-state index in [0.717, 1.165) is 16.9 Å². The molecule has 2 rings (SSSR count). The van der Waals surface area contributed by atoms with Crippen molar-refractivity contribution in [3.63, 3.8) is 0 Å². The first-order valence-corrected chi connectivity index (χ1v) is 7.26. The fraction of sp³-hybridized carbons (Fsp3) is 0.222. The van der Waals surface area contributed by atoms with Crippen LogP contribution < -0.4 is 4.74 Å². The second-order valence-electron chi connectivity index (χ2n) is 4.60. The van der Waals surface area contributed by atoms with E-state index in [9.17, 15) is 4.39 Å². The first-order valence-electron chi connectivity index (χ1n) is 6.72. The van der Waals surface area contributed by atoms with Gasteiger partial charge in [0.1, 0.15) is 18.2 Å². The number of benzene rings is 2. The first-order chi connectivity index (χ1) is 10.2. The summed E-state index contributed by atoms with van der Waals surface area (Å²) in [6, 6.07) is 12.3. The molecule has 0 aliphatic carbocycles. The molecule has 0 spiro atoms. The number of rotatable bonds is 4.